The first kappa shape index (κ1) is 12.5. The molecule has 2 rings (SSSR count). The number of carboxylic acid groups (broad SMARTS) is 1. The summed E-state index contributed by atoms with van der Waals surface area (Å²) in [7, 11) is 0. The molecule has 2 N–H and O–H groups in total. The van der Waals surface area contributed by atoms with Gasteiger partial charge in [-0.15, -0.1) is 0 Å². The highest BCUT2D eigenvalue weighted by molar-refractivity contribution is 5.91. The molecule has 18 heavy (non-hydrogen) atoms. The van der Waals surface area contributed by atoms with Crippen LogP contribution in [0.4, 0.5) is 0 Å². The number of nitrogens with one attached hydrogen (secondary N) is 1. The Bertz CT molecular complexity index is 494. The second kappa shape index (κ2) is 4.08. The van der Waals surface area contributed by atoms with Gasteiger partial charge >= 0.3 is 5.97 Å². The average Bonchev–Trinajstić information content (AvgIpc) is 2.63. The molecule has 98 valence electrons. The van der Waals surface area contributed by atoms with Gasteiger partial charge in [0.25, 0.3) is 0 Å². The average molecular weight is 253 g/mol. The topological polar surface area (TPSA) is 105 Å². The molecule has 2 atom stereocenters. The Kier molecular flexibility index (Phi) is 2.84. The molecule has 0 spiro atoms. The molecule has 0 radical (unpaired) electrons. The number of carbonyl (C=O) groups is 2. The largest absolute Gasteiger partial charge is 0.481 e. The van der Waals surface area contributed by atoms with Crippen LogP contribution in [0.3, 0.4) is 0 Å². The van der Waals surface area contributed by atoms with Gasteiger partial charge in [-0.25, -0.2) is 0 Å². The molecule has 1 aliphatic rings. The number of hydrogen-bond acceptors (Lipinski definition) is 5. The predicted octanol–water partition coefficient (Wildman–Crippen LogP) is 0.351. The summed E-state index contributed by atoms with van der Waals surface area (Å²) in [6.07, 6.45) is 0. The van der Waals surface area contributed by atoms with Crippen LogP contribution in [0.1, 0.15) is 25.6 Å². The van der Waals surface area contributed by atoms with Gasteiger partial charge in [-0.2, -0.15) is 4.98 Å². The van der Waals surface area contributed by atoms with E-state index in [2.05, 4.69) is 15.5 Å². The van der Waals surface area contributed by atoms with E-state index in [1.807, 2.05) is 0 Å². The predicted molar refractivity (Wildman–Crippen MR) is 59.3 cm³/mol. The zero-order valence-electron chi connectivity index (χ0n) is 10.4. The van der Waals surface area contributed by atoms with Crippen LogP contribution in [0.5, 0.6) is 0 Å². The number of carboxylic acids is 1. The van der Waals surface area contributed by atoms with Crippen molar-refractivity contribution in [3.8, 4) is 0 Å². The Morgan fingerprint density at radius 3 is 2.56 bits per heavy atom. The van der Waals surface area contributed by atoms with E-state index in [1.165, 1.54) is 0 Å². The van der Waals surface area contributed by atoms with E-state index < -0.39 is 23.2 Å². The molecule has 1 heterocycles. The van der Waals surface area contributed by atoms with E-state index in [4.69, 9.17) is 9.63 Å². The lowest BCUT2D eigenvalue weighted by Crippen LogP contribution is -2.27. The van der Waals surface area contributed by atoms with Gasteiger partial charge in [0.2, 0.25) is 11.8 Å². The maximum Gasteiger partial charge on any atom is 0.307 e. The van der Waals surface area contributed by atoms with E-state index >= 15 is 0 Å². The first-order chi connectivity index (χ1) is 8.34. The minimum Gasteiger partial charge on any atom is -0.481 e. The molecule has 7 heteroatoms. The van der Waals surface area contributed by atoms with Crippen molar-refractivity contribution in [3.05, 3.63) is 11.7 Å². The number of nitrogens with zero attached hydrogens (tertiary/aromatic N) is 2. The van der Waals surface area contributed by atoms with E-state index in [1.54, 1.807) is 20.8 Å². The summed E-state index contributed by atoms with van der Waals surface area (Å²) in [6, 6.07) is 0. The lowest BCUT2D eigenvalue weighted by Gasteiger charge is -2.02. The van der Waals surface area contributed by atoms with Crippen molar-refractivity contribution in [2.24, 2.45) is 17.3 Å². The Balaban J connectivity index is 1.92. The molecular formula is C11H15N3O4. The fourth-order valence-electron chi connectivity index (χ4n) is 2.28. The van der Waals surface area contributed by atoms with Crippen LogP contribution < -0.4 is 5.32 Å². The maximum atomic E-state index is 11.9. The second-order valence-electron chi connectivity index (χ2n) is 5.06. The second-order valence-corrected chi connectivity index (χ2v) is 5.06. The fraction of sp³-hybridized carbons (Fsp3) is 0.636. The minimum absolute atomic E-state index is 0.148. The smallest absolute Gasteiger partial charge is 0.307 e. The number of rotatable bonds is 4. The third kappa shape index (κ3) is 2.07. The number of hydrogen-bond donors (Lipinski definition) is 2. The van der Waals surface area contributed by atoms with Crippen molar-refractivity contribution in [1.82, 2.24) is 15.5 Å². The quantitative estimate of drug-likeness (QED) is 0.802. The highest BCUT2D eigenvalue weighted by Crippen LogP contribution is 2.58. The van der Waals surface area contributed by atoms with Crippen LogP contribution >= 0.6 is 0 Å². The summed E-state index contributed by atoms with van der Waals surface area (Å²) in [5.41, 5.74) is -0.497. The van der Waals surface area contributed by atoms with Crippen molar-refractivity contribution in [2.45, 2.75) is 27.3 Å². The summed E-state index contributed by atoms with van der Waals surface area (Å²) in [5, 5.41) is 15.2. The summed E-state index contributed by atoms with van der Waals surface area (Å²) < 4.78 is 4.77. The first-order valence-electron chi connectivity index (χ1n) is 5.63. The fourth-order valence-corrected chi connectivity index (χ4v) is 2.28. The number of aliphatic carboxylic acids is 1. The normalized spacial score (nSPS) is 24.6. The first-order valence-corrected chi connectivity index (χ1v) is 5.63. The Labute approximate surface area is 104 Å². The molecule has 1 amide bonds. The third-order valence-electron chi connectivity index (χ3n) is 3.37. The number of amides is 1. The Morgan fingerprint density at radius 2 is 2.11 bits per heavy atom. The molecule has 1 fully saturated rings. The standard InChI is InChI=1S/C11H15N3O4/c1-5-13-6(14-18-5)4-12-9(15)7-8(10(16)17)11(7,2)3/h7-8H,4H2,1-3H3,(H,12,15)(H,16,17). The summed E-state index contributed by atoms with van der Waals surface area (Å²) in [4.78, 5) is 26.7. The number of carbonyl (C=O) groups excluding carboxylic acids is 1. The van der Waals surface area contributed by atoms with Crippen molar-refractivity contribution in [3.63, 3.8) is 0 Å². The lowest BCUT2D eigenvalue weighted by molar-refractivity contribution is -0.140. The van der Waals surface area contributed by atoms with Crippen LogP contribution in [0.25, 0.3) is 0 Å². The zero-order valence-corrected chi connectivity index (χ0v) is 10.4. The van der Waals surface area contributed by atoms with E-state index in [-0.39, 0.29) is 12.5 Å². The van der Waals surface area contributed by atoms with Crippen LogP contribution in [-0.4, -0.2) is 27.1 Å². The number of aryl methyl sites for hydroxylation is 1. The molecule has 1 saturated carbocycles. The van der Waals surface area contributed by atoms with E-state index in [9.17, 15) is 9.59 Å². The minimum atomic E-state index is -0.935. The van der Waals surface area contributed by atoms with Gasteiger partial charge in [-0.3, -0.25) is 9.59 Å². The molecule has 1 aromatic rings. The zero-order chi connectivity index (χ0) is 13.5. The van der Waals surface area contributed by atoms with Gasteiger partial charge in [0, 0.05) is 6.92 Å². The van der Waals surface area contributed by atoms with Crippen LogP contribution in [0, 0.1) is 24.2 Å². The molecule has 7 nitrogen and oxygen atoms in total. The summed E-state index contributed by atoms with van der Waals surface area (Å²) in [5.74, 6) is -1.53. The third-order valence-corrected chi connectivity index (χ3v) is 3.37. The molecule has 0 saturated heterocycles. The van der Waals surface area contributed by atoms with Crippen LogP contribution in [0.15, 0.2) is 4.52 Å². The monoisotopic (exact) mass is 253 g/mol. The molecular weight excluding hydrogens is 238 g/mol. The van der Waals surface area contributed by atoms with Gasteiger partial charge in [0.1, 0.15) is 0 Å². The lowest BCUT2D eigenvalue weighted by atomic mass is 10.1. The van der Waals surface area contributed by atoms with Gasteiger partial charge in [0.05, 0.1) is 18.4 Å². The molecule has 1 aliphatic carbocycles. The maximum absolute atomic E-state index is 11.9. The van der Waals surface area contributed by atoms with E-state index in [0.717, 1.165) is 0 Å². The summed E-state index contributed by atoms with van der Waals surface area (Å²) >= 11 is 0. The van der Waals surface area contributed by atoms with Crippen LogP contribution in [-0.2, 0) is 16.1 Å². The van der Waals surface area contributed by atoms with Gasteiger partial charge in [0.15, 0.2) is 5.82 Å². The van der Waals surface area contributed by atoms with Gasteiger partial charge in [-0.1, -0.05) is 19.0 Å². The molecule has 0 aromatic carbocycles. The Hall–Kier alpha value is -1.92. The van der Waals surface area contributed by atoms with E-state index in [0.29, 0.717) is 11.7 Å². The van der Waals surface area contributed by atoms with Crippen molar-refractivity contribution >= 4 is 11.9 Å². The highest BCUT2D eigenvalue weighted by atomic mass is 16.5. The number of aromatic nitrogens is 2. The van der Waals surface area contributed by atoms with Crippen molar-refractivity contribution in [1.29, 1.82) is 0 Å². The molecule has 1 aromatic heterocycles. The summed E-state index contributed by atoms with van der Waals surface area (Å²) in [6.45, 7) is 5.35. The highest BCUT2D eigenvalue weighted by Gasteiger charge is 2.65. The van der Waals surface area contributed by atoms with Gasteiger partial charge < -0.3 is 14.9 Å². The Morgan fingerprint density at radius 1 is 1.44 bits per heavy atom. The molecule has 2 unspecified atom stereocenters. The molecule has 0 aliphatic heterocycles. The molecule has 0 bridgehead atoms. The van der Waals surface area contributed by atoms with Gasteiger partial charge in [-0.05, 0) is 5.41 Å². The SMILES string of the molecule is Cc1nc(CNC(=O)C2C(C(=O)O)C2(C)C)no1. The van der Waals surface area contributed by atoms with Crippen LogP contribution in [0.2, 0.25) is 0 Å². The van der Waals surface area contributed by atoms with Crippen molar-refractivity contribution < 1.29 is 19.2 Å². The van der Waals surface area contributed by atoms with Crippen molar-refractivity contribution in [2.75, 3.05) is 0 Å².